The first-order valence-corrected chi connectivity index (χ1v) is 7.34. The lowest BCUT2D eigenvalue weighted by Gasteiger charge is -2.28. The third-order valence-electron chi connectivity index (χ3n) is 3.94. The first kappa shape index (κ1) is 14.4. The highest BCUT2D eigenvalue weighted by molar-refractivity contribution is 5.31. The molecular weight excluding hydrogens is 238 g/mol. The second-order valence-corrected chi connectivity index (χ2v) is 5.34. The van der Waals surface area contributed by atoms with Crippen LogP contribution in [0.2, 0.25) is 0 Å². The predicted molar refractivity (Wildman–Crippen MR) is 77.6 cm³/mol. The van der Waals surface area contributed by atoms with Gasteiger partial charge in [-0.25, -0.2) is 0 Å². The van der Waals surface area contributed by atoms with Crippen LogP contribution in [-0.2, 0) is 0 Å². The van der Waals surface area contributed by atoms with E-state index in [-0.39, 0.29) is 6.61 Å². The quantitative estimate of drug-likeness (QED) is 0.886. The molecule has 0 bridgehead atoms. The number of benzene rings is 1. The van der Waals surface area contributed by atoms with Crippen LogP contribution in [-0.4, -0.2) is 42.4 Å². The number of hydrogen-bond acceptors (Lipinski definition) is 3. The van der Waals surface area contributed by atoms with E-state index in [0.717, 1.165) is 25.3 Å². The zero-order chi connectivity index (χ0) is 13.5. The minimum absolute atomic E-state index is 0.268. The van der Waals surface area contributed by atoms with Crippen LogP contribution in [0.25, 0.3) is 0 Å². The number of hydrogen-bond donors (Lipinski definition) is 1. The molecule has 1 heterocycles. The lowest BCUT2D eigenvalue weighted by atomic mass is 10.1. The van der Waals surface area contributed by atoms with Crippen LogP contribution in [0.4, 0.5) is 0 Å². The van der Waals surface area contributed by atoms with Gasteiger partial charge in [0, 0.05) is 12.6 Å². The first-order valence-electron chi connectivity index (χ1n) is 7.34. The SMILES string of the molecule is Cc1ccccc1OCCN1CCCCCC1CO. The summed E-state index contributed by atoms with van der Waals surface area (Å²) >= 11 is 0. The summed E-state index contributed by atoms with van der Waals surface area (Å²) in [4.78, 5) is 2.38. The van der Waals surface area contributed by atoms with Crippen LogP contribution >= 0.6 is 0 Å². The van der Waals surface area contributed by atoms with Crippen molar-refractivity contribution in [1.29, 1.82) is 0 Å². The number of rotatable bonds is 5. The van der Waals surface area contributed by atoms with E-state index in [1.54, 1.807) is 0 Å². The molecule has 0 saturated carbocycles. The Hall–Kier alpha value is -1.06. The molecule has 1 fully saturated rings. The normalized spacial score (nSPS) is 21.1. The molecule has 3 nitrogen and oxygen atoms in total. The summed E-state index contributed by atoms with van der Waals surface area (Å²) in [6.07, 6.45) is 4.87. The Balaban J connectivity index is 1.82. The van der Waals surface area contributed by atoms with E-state index >= 15 is 0 Å². The maximum absolute atomic E-state index is 9.46. The zero-order valence-corrected chi connectivity index (χ0v) is 11.8. The zero-order valence-electron chi connectivity index (χ0n) is 11.8. The molecule has 1 atom stereocenters. The molecule has 0 amide bonds. The van der Waals surface area contributed by atoms with Crippen LogP contribution < -0.4 is 4.74 Å². The third kappa shape index (κ3) is 4.22. The van der Waals surface area contributed by atoms with Gasteiger partial charge in [-0.05, 0) is 37.9 Å². The Morgan fingerprint density at radius 1 is 1.26 bits per heavy atom. The summed E-state index contributed by atoms with van der Waals surface area (Å²) < 4.78 is 5.85. The monoisotopic (exact) mass is 263 g/mol. The Kier molecular flexibility index (Phi) is 5.67. The lowest BCUT2D eigenvalue weighted by Crippen LogP contribution is -2.40. The van der Waals surface area contributed by atoms with Crippen molar-refractivity contribution < 1.29 is 9.84 Å². The van der Waals surface area contributed by atoms with Crippen molar-refractivity contribution in [3.05, 3.63) is 29.8 Å². The molecule has 0 spiro atoms. The van der Waals surface area contributed by atoms with Crippen molar-refractivity contribution in [1.82, 2.24) is 4.90 Å². The van der Waals surface area contributed by atoms with Gasteiger partial charge in [-0.2, -0.15) is 0 Å². The van der Waals surface area contributed by atoms with Gasteiger partial charge in [-0.1, -0.05) is 31.0 Å². The molecule has 0 aliphatic carbocycles. The number of aliphatic hydroxyl groups excluding tert-OH is 1. The minimum Gasteiger partial charge on any atom is -0.492 e. The van der Waals surface area contributed by atoms with Crippen LogP contribution in [0.5, 0.6) is 5.75 Å². The van der Waals surface area contributed by atoms with Gasteiger partial charge >= 0.3 is 0 Å². The number of aryl methyl sites for hydroxylation is 1. The first-order chi connectivity index (χ1) is 9.31. The van der Waals surface area contributed by atoms with E-state index < -0.39 is 0 Å². The van der Waals surface area contributed by atoms with Crippen LogP contribution in [0.15, 0.2) is 24.3 Å². The molecule has 2 rings (SSSR count). The smallest absolute Gasteiger partial charge is 0.122 e. The van der Waals surface area contributed by atoms with Crippen molar-refractivity contribution in [2.24, 2.45) is 0 Å². The topological polar surface area (TPSA) is 32.7 Å². The molecule has 1 unspecified atom stereocenters. The van der Waals surface area contributed by atoms with E-state index in [0.29, 0.717) is 12.6 Å². The van der Waals surface area contributed by atoms with Gasteiger partial charge < -0.3 is 9.84 Å². The average molecular weight is 263 g/mol. The molecule has 1 saturated heterocycles. The molecule has 1 aliphatic heterocycles. The fraction of sp³-hybridized carbons (Fsp3) is 0.625. The number of ether oxygens (including phenoxy) is 1. The molecule has 0 radical (unpaired) electrons. The molecule has 3 heteroatoms. The van der Waals surface area contributed by atoms with Crippen LogP contribution in [0.3, 0.4) is 0 Å². The molecule has 0 aromatic heterocycles. The van der Waals surface area contributed by atoms with E-state index in [9.17, 15) is 5.11 Å². The summed E-state index contributed by atoms with van der Waals surface area (Å²) in [6.45, 7) is 5.02. The van der Waals surface area contributed by atoms with Gasteiger partial charge in [0.1, 0.15) is 12.4 Å². The standard InChI is InChI=1S/C16H25NO2/c1-14-7-4-5-9-16(14)19-12-11-17-10-6-2-3-8-15(17)13-18/h4-5,7,9,15,18H,2-3,6,8,10-13H2,1H3. The van der Waals surface area contributed by atoms with Crippen molar-refractivity contribution in [3.63, 3.8) is 0 Å². The molecule has 1 N–H and O–H groups in total. The summed E-state index contributed by atoms with van der Waals surface area (Å²) in [5, 5.41) is 9.46. The van der Waals surface area contributed by atoms with Crippen molar-refractivity contribution in [2.75, 3.05) is 26.3 Å². The number of nitrogens with zero attached hydrogens (tertiary/aromatic N) is 1. The fourth-order valence-corrected chi connectivity index (χ4v) is 2.73. The van der Waals surface area contributed by atoms with Gasteiger partial charge in [-0.3, -0.25) is 4.90 Å². The highest BCUT2D eigenvalue weighted by atomic mass is 16.5. The summed E-state index contributed by atoms with van der Waals surface area (Å²) in [7, 11) is 0. The Morgan fingerprint density at radius 2 is 2.11 bits per heavy atom. The van der Waals surface area contributed by atoms with Crippen LogP contribution in [0.1, 0.15) is 31.2 Å². The highest BCUT2D eigenvalue weighted by Crippen LogP contribution is 2.18. The lowest BCUT2D eigenvalue weighted by molar-refractivity contribution is 0.108. The molecule has 106 valence electrons. The average Bonchev–Trinajstić information content (AvgIpc) is 2.66. The van der Waals surface area contributed by atoms with Gasteiger partial charge in [0.2, 0.25) is 0 Å². The van der Waals surface area contributed by atoms with E-state index in [2.05, 4.69) is 17.9 Å². The van der Waals surface area contributed by atoms with Gasteiger partial charge in [0.05, 0.1) is 6.61 Å². The maximum atomic E-state index is 9.46. The Bertz CT molecular complexity index is 381. The second-order valence-electron chi connectivity index (χ2n) is 5.34. The number of aliphatic hydroxyl groups is 1. The van der Waals surface area contributed by atoms with Crippen molar-refractivity contribution >= 4 is 0 Å². The van der Waals surface area contributed by atoms with Gasteiger partial charge in [-0.15, -0.1) is 0 Å². The molecule has 1 aliphatic rings. The summed E-state index contributed by atoms with van der Waals surface area (Å²) in [5.74, 6) is 0.970. The minimum atomic E-state index is 0.268. The number of para-hydroxylation sites is 1. The summed E-state index contributed by atoms with van der Waals surface area (Å²) in [5.41, 5.74) is 1.18. The Labute approximate surface area is 116 Å². The highest BCUT2D eigenvalue weighted by Gasteiger charge is 2.19. The van der Waals surface area contributed by atoms with Gasteiger partial charge in [0.25, 0.3) is 0 Å². The molecule has 1 aromatic carbocycles. The fourth-order valence-electron chi connectivity index (χ4n) is 2.73. The largest absolute Gasteiger partial charge is 0.492 e. The van der Waals surface area contributed by atoms with E-state index in [1.165, 1.54) is 24.8 Å². The van der Waals surface area contributed by atoms with Crippen molar-refractivity contribution in [2.45, 2.75) is 38.6 Å². The van der Waals surface area contributed by atoms with Gasteiger partial charge in [0.15, 0.2) is 0 Å². The number of likely N-dealkylation sites (tertiary alicyclic amines) is 1. The predicted octanol–water partition coefficient (Wildman–Crippen LogP) is 2.61. The maximum Gasteiger partial charge on any atom is 0.122 e. The van der Waals surface area contributed by atoms with E-state index in [4.69, 9.17) is 4.74 Å². The third-order valence-corrected chi connectivity index (χ3v) is 3.94. The second kappa shape index (κ2) is 7.51. The summed E-state index contributed by atoms with van der Waals surface area (Å²) in [6, 6.07) is 8.44. The molecule has 19 heavy (non-hydrogen) atoms. The van der Waals surface area contributed by atoms with E-state index in [1.807, 2.05) is 18.2 Å². The molecular formula is C16H25NO2. The Morgan fingerprint density at radius 3 is 2.89 bits per heavy atom. The molecule has 1 aromatic rings. The van der Waals surface area contributed by atoms with Crippen LogP contribution in [0, 0.1) is 6.92 Å². The van der Waals surface area contributed by atoms with Crippen molar-refractivity contribution in [3.8, 4) is 5.75 Å².